The van der Waals surface area contributed by atoms with Crippen molar-refractivity contribution in [3.8, 4) is 0 Å². The fraction of sp³-hybridized carbons (Fsp3) is 0.833. The summed E-state index contributed by atoms with van der Waals surface area (Å²) in [5, 5.41) is 0. The minimum absolute atomic E-state index is 0.0289. The summed E-state index contributed by atoms with van der Waals surface area (Å²) in [5.74, 6) is -0.565. The molecule has 0 unspecified atom stereocenters. The summed E-state index contributed by atoms with van der Waals surface area (Å²) in [7, 11) is -4.14. The molecule has 0 heterocycles. The van der Waals surface area contributed by atoms with Crippen LogP contribution in [-0.4, -0.2) is 37.7 Å². The highest BCUT2D eigenvalue weighted by atomic mass is 32.2. The first kappa shape index (κ1) is 11.5. The minimum atomic E-state index is -4.14. The van der Waals surface area contributed by atoms with Crippen LogP contribution in [0, 0.1) is 0 Å². The van der Waals surface area contributed by atoms with Gasteiger partial charge >= 0.3 is 0 Å². The molecule has 0 amide bonds. The Hall–Kier alpha value is -0.460. The van der Waals surface area contributed by atoms with Gasteiger partial charge in [-0.2, -0.15) is 0 Å². The second-order valence-corrected chi connectivity index (χ2v) is 3.89. The molecule has 0 aromatic carbocycles. The smallest absolute Gasteiger partial charge is 0.155 e. The van der Waals surface area contributed by atoms with E-state index in [1.54, 1.807) is 0 Å². The summed E-state index contributed by atoms with van der Waals surface area (Å²) in [5.41, 5.74) is 0. The Kier molecular flexibility index (Phi) is 5.03. The van der Waals surface area contributed by atoms with Gasteiger partial charge in [0, 0.05) is 12.4 Å². The van der Waals surface area contributed by atoms with Crippen molar-refractivity contribution in [1.82, 2.24) is 0 Å². The highest BCUT2D eigenvalue weighted by molar-refractivity contribution is 7.85. The SMILES string of the molecule is CC(=O)COCCCS(=O)(=O)[O-]. The molecular formula is C6H11O5S-. The fourth-order valence-corrected chi connectivity index (χ4v) is 1.03. The lowest BCUT2D eigenvalue weighted by Gasteiger charge is -2.05. The van der Waals surface area contributed by atoms with Crippen molar-refractivity contribution in [1.29, 1.82) is 0 Å². The number of ketones is 1. The summed E-state index contributed by atoms with van der Waals surface area (Å²) in [6.07, 6.45) is 0.138. The van der Waals surface area contributed by atoms with E-state index in [0.717, 1.165) is 0 Å². The standard InChI is InChI=1S/C6H12O5S/c1-6(7)5-11-3-2-4-12(8,9)10/h2-5H2,1H3,(H,8,9,10)/p-1. The molecule has 0 N–H and O–H groups in total. The van der Waals surface area contributed by atoms with Crippen LogP contribution in [0.3, 0.4) is 0 Å². The predicted molar refractivity (Wildman–Crippen MR) is 40.7 cm³/mol. The molecule has 0 spiro atoms. The summed E-state index contributed by atoms with van der Waals surface area (Å²) in [6.45, 7) is 1.46. The predicted octanol–water partition coefficient (Wildman–Crippen LogP) is -0.473. The van der Waals surface area contributed by atoms with Gasteiger partial charge in [0.1, 0.15) is 6.61 Å². The highest BCUT2D eigenvalue weighted by Crippen LogP contribution is 1.89. The van der Waals surface area contributed by atoms with E-state index in [1.165, 1.54) is 6.92 Å². The molecule has 0 aliphatic rings. The first-order chi connectivity index (χ1) is 5.42. The number of Topliss-reactive ketones (excluding diaryl/α,β-unsaturated/α-hetero) is 1. The Balaban J connectivity index is 3.29. The van der Waals surface area contributed by atoms with Crippen LogP contribution in [0.4, 0.5) is 0 Å². The fourth-order valence-electron chi connectivity index (χ4n) is 0.554. The van der Waals surface area contributed by atoms with E-state index in [2.05, 4.69) is 0 Å². The van der Waals surface area contributed by atoms with E-state index in [-0.39, 0.29) is 25.4 Å². The Morgan fingerprint density at radius 2 is 2.08 bits per heavy atom. The molecule has 0 atom stereocenters. The quantitative estimate of drug-likeness (QED) is 0.422. The molecule has 12 heavy (non-hydrogen) atoms. The molecule has 0 radical (unpaired) electrons. The molecule has 0 saturated carbocycles. The average molecular weight is 195 g/mol. The molecular weight excluding hydrogens is 184 g/mol. The summed E-state index contributed by atoms with van der Waals surface area (Å²) in [6, 6.07) is 0. The van der Waals surface area contributed by atoms with E-state index in [4.69, 9.17) is 4.74 Å². The molecule has 0 fully saturated rings. The van der Waals surface area contributed by atoms with E-state index >= 15 is 0 Å². The summed E-state index contributed by atoms with van der Waals surface area (Å²) < 4.78 is 34.9. The van der Waals surface area contributed by atoms with Crippen molar-refractivity contribution in [3.63, 3.8) is 0 Å². The molecule has 0 aliphatic heterocycles. The number of carbonyl (C=O) groups excluding carboxylic acids is 1. The molecule has 0 aromatic heterocycles. The van der Waals surface area contributed by atoms with Gasteiger partial charge in [-0.1, -0.05) is 0 Å². The maximum atomic E-state index is 10.3. The topological polar surface area (TPSA) is 83.5 Å². The van der Waals surface area contributed by atoms with Crippen LogP contribution in [0.1, 0.15) is 13.3 Å². The third-order valence-electron chi connectivity index (χ3n) is 0.988. The van der Waals surface area contributed by atoms with E-state index in [1.807, 2.05) is 0 Å². The van der Waals surface area contributed by atoms with Crippen molar-refractivity contribution in [2.45, 2.75) is 13.3 Å². The van der Waals surface area contributed by atoms with Crippen LogP contribution in [0.25, 0.3) is 0 Å². The Labute approximate surface area is 71.5 Å². The molecule has 0 aliphatic carbocycles. The maximum absolute atomic E-state index is 10.3. The lowest BCUT2D eigenvalue weighted by atomic mass is 10.5. The maximum Gasteiger partial charge on any atom is 0.155 e. The summed E-state index contributed by atoms with van der Waals surface area (Å²) in [4.78, 5) is 10.3. The van der Waals surface area contributed by atoms with Crippen molar-refractivity contribution in [3.05, 3.63) is 0 Å². The van der Waals surface area contributed by atoms with Crippen molar-refractivity contribution in [2.75, 3.05) is 19.0 Å². The lowest BCUT2D eigenvalue weighted by Crippen LogP contribution is -2.10. The van der Waals surface area contributed by atoms with Crippen LogP contribution in [-0.2, 0) is 19.6 Å². The molecule has 72 valence electrons. The highest BCUT2D eigenvalue weighted by Gasteiger charge is 1.96. The van der Waals surface area contributed by atoms with Gasteiger partial charge in [-0.3, -0.25) is 4.79 Å². The number of carbonyl (C=O) groups is 1. The van der Waals surface area contributed by atoms with Crippen LogP contribution in [0.15, 0.2) is 0 Å². The molecule has 0 rings (SSSR count). The van der Waals surface area contributed by atoms with E-state index in [0.29, 0.717) is 0 Å². The Morgan fingerprint density at radius 1 is 1.50 bits per heavy atom. The first-order valence-corrected chi connectivity index (χ1v) is 5.00. The third-order valence-corrected chi connectivity index (χ3v) is 1.78. The lowest BCUT2D eigenvalue weighted by molar-refractivity contribution is -0.121. The van der Waals surface area contributed by atoms with E-state index in [9.17, 15) is 17.8 Å². The van der Waals surface area contributed by atoms with Crippen molar-refractivity contribution < 1.29 is 22.5 Å². The van der Waals surface area contributed by atoms with Gasteiger partial charge in [0.05, 0.1) is 10.1 Å². The van der Waals surface area contributed by atoms with Crippen molar-refractivity contribution >= 4 is 15.9 Å². The number of ether oxygens (including phenoxy) is 1. The van der Waals surface area contributed by atoms with E-state index < -0.39 is 15.9 Å². The Morgan fingerprint density at radius 3 is 2.50 bits per heavy atom. The van der Waals surface area contributed by atoms with Gasteiger partial charge in [-0.25, -0.2) is 8.42 Å². The van der Waals surface area contributed by atoms with Crippen LogP contribution in [0.5, 0.6) is 0 Å². The van der Waals surface area contributed by atoms with Gasteiger partial charge in [0.2, 0.25) is 0 Å². The second-order valence-electron chi connectivity index (χ2n) is 2.37. The summed E-state index contributed by atoms with van der Waals surface area (Å²) >= 11 is 0. The van der Waals surface area contributed by atoms with Crippen LogP contribution in [0.2, 0.25) is 0 Å². The van der Waals surface area contributed by atoms with Gasteiger partial charge in [-0.15, -0.1) is 0 Å². The van der Waals surface area contributed by atoms with Gasteiger partial charge in [0.15, 0.2) is 5.78 Å². The Bertz CT molecular complexity index is 230. The van der Waals surface area contributed by atoms with Gasteiger partial charge in [0.25, 0.3) is 0 Å². The van der Waals surface area contributed by atoms with Gasteiger partial charge in [-0.05, 0) is 13.3 Å². The molecule has 0 aromatic rings. The van der Waals surface area contributed by atoms with Crippen LogP contribution >= 0.6 is 0 Å². The number of hydrogen-bond acceptors (Lipinski definition) is 5. The monoisotopic (exact) mass is 195 g/mol. The van der Waals surface area contributed by atoms with Gasteiger partial charge < -0.3 is 9.29 Å². The molecule has 0 saturated heterocycles. The molecule has 6 heteroatoms. The second kappa shape index (κ2) is 5.23. The average Bonchev–Trinajstić information content (AvgIpc) is 1.83. The zero-order valence-corrected chi connectivity index (χ0v) is 7.59. The zero-order chi connectivity index (χ0) is 9.61. The minimum Gasteiger partial charge on any atom is -0.748 e. The zero-order valence-electron chi connectivity index (χ0n) is 6.78. The first-order valence-electron chi connectivity index (χ1n) is 3.42. The number of hydrogen-bond donors (Lipinski definition) is 0. The van der Waals surface area contributed by atoms with Crippen LogP contribution < -0.4 is 0 Å². The number of rotatable bonds is 6. The van der Waals surface area contributed by atoms with Crippen molar-refractivity contribution in [2.24, 2.45) is 0 Å². The third kappa shape index (κ3) is 9.54. The normalized spacial score (nSPS) is 11.5. The molecule has 5 nitrogen and oxygen atoms in total. The molecule has 0 bridgehead atoms. The largest absolute Gasteiger partial charge is 0.748 e.